The van der Waals surface area contributed by atoms with Crippen LogP contribution in [0.4, 0.5) is 10.1 Å². The number of nitrogens with one attached hydrogen (secondary N) is 2. The monoisotopic (exact) mass is 534 g/mol. The molecule has 0 aliphatic carbocycles. The molecular formula is C28H24ClFN4O2S. The van der Waals surface area contributed by atoms with Gasteiger partial charge in [0, 0.05) is 29.7 Å². The van der Waals surface area contributed by atoms with Crippen molar-refractivity contribution in [1.29, 1.82) is 0 Å². The highest BCUT2D eigenvalue weighted by Gasteiger charge is 2.41. The van der Waals surface area contributed by atoms with E-state index in [4.69, 9.17) is 28.2 Å². The molecule has 6 nitrogen and oxygen atoms in total. The number of thiocarbonyl (C=S) groups is 1. The van der Waals surface area contributed by atoms with Crippen LogP contribution in [0.1, 0.15) is 35.5 Å². The van der Waals surface area contributed by atoms with Gasteiger partial charge in [0.1, 0.15) is 23.4 Å². The summed E-state index contributed by atoms with van der Waals surface area (Å²) in [6.45, 7) is 2.25. The van der Waals surface area contributed by atoms with Crippen molar-refractivity contribution in [2.75, 3.05) is 11.9 Å². The van der Waals surface area contributed by atoms with E-state index >= 15 is 0 Å². The number of hydrogen-bond acceptors (Lipinski definition) is 4. The Morgan fingerprint density at radius 2 is 1.97 bits per heavy atom. The first-order valence-corrected chi connectivity index (χ1v) is 12.6. The summed E-state index contributed by atoms with van der Waals surface area (Å²) in [6, 6.07) is 20.7. The second kappa shape index (κ2) is 10.7. The van der Waals surface area contributed by atoms with E-state index in [-0.39, 0.29) is 30.1 Å². The third kappa shape index (κ3) is 5.35. The maximum atomic E-state index is 14.0. The van der Waals surface area contributed by atoms with Gasteiger partial charge >= 0.3 is 0 Å². The second-order valence-electron chi connectivity index (χ2n) is 8.76. The van der Waals surface area contributed by atoms with Gasteiger partial charge in [0.2, 0.25) is 5.91 Å². The maximum absolute atomic E-state index is 14.0. The lowest BCUT2D eigenvalue weighted by Crippen LogP contribution is -2.32. The van der Waals surface area contributed by atoms with Gasteiger partial charge in [0.25, 0.3) is 0 Å². The highest BCUT2D eigenvalue weighted by atomic mass is 35.5. The van der Waals surface area contributed by atoms with Gasteiger partial charge in [-0.25, -0.2) is 4.39 Å². The average Bonchev–Trinajstić information content (AvgIpc) is 3.51. The van der Waals surface area contributed by atoms with Crippen LogP contribution in [0.5, 0.6) is 0 Å². The van der Waals surface area contributed by atoms with Crippen molar-refractivity contribution >= 4 is 40.5 Å². The summed E-state index contributed by atoms with van der Waals surface area (Å²) in [4.78, 5) is 19.1. The summed E-state index contributed by atoms with van der Waals surface area (Å²) in [7, 11) is 0. The molecule has 0 bridgehead atoms. The number of carbonyl (C=O) groups excluding carboxylic acids is 1. The third-order valence-electron chi connectivity index (χ3n) is 6.30. The molecule has 3 heterocycles. The van der Waals surface area contributed by atoms with Gasteiger partial charge < -0.3 is 20.0 Å². The third-order valence-corrected chi connectivity index (χ3v) is 7.06. The number of rotatable bonds is 7. The number of para-hydroxylation sites is 1. The molecule has 1 aliphatic heterocycles. The number of pyridine rings is 1. The standard InChI is InChI=1S/C28H24ClFN4O2S/c1-17-9-10-18(16-19(17)29)23-11-12-24(36-23)27-26(22-8-4-5-14-31-22)33-28(37)34(27)15-13-25(35)32-21-7-3-2-6-20(21)30/h2-12,14,16,26-27H,13,15H2,1H3,(H,32,35)(H,33,37)/t26-,27+/m0/s1. The molecule has 1 saturated heterocycles. The van der Waals surface area contributed by atoms with Crippen molar-refractivity contribution in [2.45, 2.75) is 25.4 Å². The minimum atomic E-state index is -0.485. The van der Waals surface area contributed by atoms with E-state index in [2.05, 4.69) is 15.6 Å². The molecular weight excluding hydrogens is 511 g/mol. The number of aryl methyl sites for hydroxylation is 1. The number of amides is 1. The van der Waals surface area contributed by atoms with Crippen molar-refractivity contribution in [3.63, 3.8) is 0 Å². The number of halogens is 2. The summed E-state index contributed by atoms with van der Waals surface area (Å²) < 4.78 is 20.3. The SMILES string of the molecule is Cc1ccc(-c2ccc([C@@H]3[C@H](c4ccccn4)NC(=S)N3CCC(=O)Nc3ccccc3F)o2)cc1Cl. The van der Waals surface area contributed by atoms with Gasteiger partial charge in [0.05, 0.1) is 17.4 Å². The van der Waals surface area contributed by atoms with Crippen LogP contribution in [0.3, 0.4) is 0 Å². The van der Waals surface area contributed by atoms with Crippen LogP contribution in [0.15, 0.2) is 83.4 Å². The van der Waals surface area contributed by atoms with Crippen molar-refractivity contribution in [2.24, 2.45) is 0 Å². The fraction of sp³-hybridized carbons (Fsp3) is 0.179. The molecule has 1 amide bonds. The van der Waals surface area contributed by atoms with Gasteiger partial charge in [-0.15, -0.1) is 0 Å². The van der Waals surface area contributed by atoms with Crippen molar-refractivity contribution in [1.82, 2.24) is 15.2 Å². The zero-order chi connectivity index (χ0) is 25.9. The topological polar surface area (TPSA) is 70.4 Å². The fourth-order valence-electron chi connectivity index (χ4n) is 4.37. The van der Waals surface area contributed by atoms with Gasteiger partial charge in [0.15, 0.2) is 5.11 Å². The summed E-state index contributed by atoms with van der Waals surface area (Å²) in [6.07, 6.45) is 1.83. The van der Waals surface area contributed by atoms with Crippen molar-refractivity contribution in [3.05, 3.63) is 107 Å². The highest BCUT2D eigenvalue weighted by Crippen LogP contribution is 2.40. The van der Waals surface area contributed by atoms with E-state index < -0.39 is 5.82 Å². The Hall–Kier alpha value is -3.75. The maximum Gasteiger partial charge on any atom is 0.226 e. The molecule has 2 N–H and O–H groups in total. The largest absolute Gasteiger partial charge is 0.459 e. The van der Waals surface area contributed by atoms with Gasteiger partial charge in [-0.05, 0) is 67.2 Å². The van der Waals surface area contributed by atoms with E-state index in [0.29, 0.717) is 28.2 Å². The van der Waals surface area contributed by atoms with E-state index in [1.807, 2.05) is 60.4 Å². The minimum Gasteiger partial charge on any atom is -0.459 e. The quantitative estimate of drug-likeness (QED) is 0.266. The lowest BCUT2D eigenvalue weighted by Gasteiger charge is -2.25. The Kier molecular flexibility index (Phi) is 7.21. The second-order valence-corrected chi connectivity index (χ2v) is 9.56. The first kappa shape index (κ1) is 24.9. The molecule has 0 unspecified atom stereocenters. The Morgan fingerprint density at radius 1 is 1.16 bits per heavy atom. The molecule has 1 aliphatic rings. The van der Waals surface area contributed by atoms with Gasteiger partial charge in [-0.3, -0.25) is 9.78 Å². The number of carbonyl (C=O) groups is 1. The minimum absolute atomic E-state index is 0.0999. The molecule has 0 spiro atoms. The predicted molar refractivity (Wildman–Crippen MR) is 146 cm³/mol. The number of hydrogen-bond donors (Lipinski definition) is 2. The molecule has 188 valence electrons. The number of aromatic nitrogens is 1. The molecule has 0 radical (unpaired) electrons. The van der Waals surface area contributed by atoms with E-state index in [1.54, 1.807) is 18.3 Å². The zero-order valence-corrected chi connectivity index (χ0v) is 21.5. The Bertz CT molecular complexity index is 1450. The van der Waals surface area contributed by atoms with Crippen LogP contribution in [-0.2, 0) is 4.79 Å². The van der Waals surface area contributed by atoms with Crippen LogP contribution in [0.25, 0.3) is 11.3 Å². The summed E-state index contributed by atoms with van der Waals surface area (Å²) in [5.41, 5.74) is 2.78. The molecule has 1 fully saturated rings. The van der Waals surface area contributed by atoms with Crippen LogP contribution in [0.2, 0.25) is 5.02 Å². The normalized spacial score (nSPS) is 17.1. The molecule has 37 heavy (non-hydrogen) atoms. The first-order valence-electron chi connectivity index (χ1n) is 11.8. The molecule has 9 heteroatoms. The Morgan fingerprint density at radius 3 is 2.73 bits per heavy atom. The molecule has 4 aromatic rings. The summed E-state index contributed by atoms with van der Waals surface area (Å²) in [5.74, 6) is 0.542. The Balaban J connectivity index is 1.41. The lowest BCUT2D eigenvalue weighted by atomic mass is 10.0. The van der Waals surface area contributed by atoms with E-state index in [1.165, 1.54) is 12.1 Å². The summed E-state index contributed by atoms with van der Waals surface area (Å²) >= 11 is 12.0. The van der Waals surface area contributed by atoms with Crippen molar-refractivity contribution in [3.8, 4) is 11.3 Å². The van der Waals surface area contributed by atoms with Crippen molar-refractivity contribution < 1.29 is 13.6 Å². The van der Waals surface area contributed by atoms with E-state index in [0.717, 1.165) is 16.8 Å². The highest BCUT2D eigenvalue weighted by molar-refractivity contribution is 7.80. The zero-order valence-electron chi connectivity index (χ0n) is 19.9. The van der Waals surface area contributed by atoms with Gasteiger partial charge in [-0.2, -0.15) is 0 Å². The molecule has 2 aromatic carbocycles. The number of anilines is 1. The van der Waals surface area contributed by atoms with E-state index in [9.17, 15) is 9.18 Å². The molecule has 0 saturated carbocycles. The number of nitrogens with zero attached hydrogens (tertiary/aromatic N) is 2. The molecule has 5 rings (SSSR count). The lowest BCUT2D eigenvalue weighted by molar-refractivity contribution is -0.116. The number of furan rings is 1. The molecule has 2 atom stereocenters. The Labute approximate surface area is 224 Å². The number of benzene rings is 2. The predicted octanol–water partition coefficient (Wildman–Crippen LogP) is 6.44. The average molecular weight is 535 g/mol. The van der Waals surface area contributed by atoms with Crippen LogP contribution >= 0.6 is 23.8 Å². The molecule has 2 aromatic heterocycles. The first-order chi connectivity index (χ1) is 17.9. The van der Waals surface area contributed by atoms with Crippen LogP contribution in [-0.4, -0.2) is 27.4 Å². The summed E-state index contributed by atoms with van der Waals surface area (Å²) in [5, 5.41) is 7.11. The van der Waals surface area contributed by atoms with Gasteiger partial charge in [-0.1, -0.05) is 41.9 Å². The fourth-order valence-corrected chi connectivity index (χ4v) is 4.88. The van der Waals surface area contributed by atoms with Crippen LogP contribution < -0.4 is 10.6 Å². The van der Waals surface area contributed by atoms with Crippen LogP contribution in [0, 0.1) is 12.7 Å². The smallest absolute Gasteiger partial charge is 0.226 e.